The number of hydrogen-bond donors (Lipinski definition) is 0. The Kier molecular flexibility index (Phi) is 5.03. The Balaban J connectivity index is 2.07. The van der Waals surface area contributed by atoms with Gasteiger partial charge in [-0.1, -0.05) is 47.0 Å². The summed E-state index contributed by atoms with van der Waals surface area (Å²) in [6, 6.07) is 14.0. The van der Waals surface area contributed by atoms with E-state index < -0.39 is 0 Å². The zero-order chi connectivity index (χ0) is 17.3. The molecule has 0 heterocycles. The molecule has 0 aliphatic heterocycles. The van der Waals surface area contributed by atoms with E-state index in [-0.39, 0.29) is 0 Å². The molecule has 1 aliphatic carbocycles. The second kappa shape index (κ2) is 7.04. The van der Waals surface area contributed by atoms with Crippen molar-refractivity contribution in [1.29, 1.82) is 0 Å². The topological polar surface area (TPSA) is 9.23 Å². The van der Waals surface area contributed by atoms with Crippen molar-refractivity contribution in [3.63, 3.8) is 0 Å². The summed E-state index contributed by atoms with van der Waals surface area (Å²) in [5, 5.41) is 1.17. The number of ether oxygens (including phenoxy) is 1. The highest BCUT2D eigenvalue weighted by Crippen LogP contribution is 2.41. The van der Waals surface area contributed by atoms with Gasteiger partial charge in [0, 0.05) is 0 Å². The van der Waals surface area contributed by atoms with Crippen LogP contribution in [0.2, 0.25) is 10.0 Å². The van der Waals surface area contributed by atoms with Gasteiger partial charge >= 0.3 is 0 Å². The number of hydrogen-bond acceptors (Lipinski definition) is 1. The van der Waals surface area contributed by atoms with Gasteiger partial charge in [-0.25, -0.2) is 0 Å². The molecule has 0 saturated carbocycles. The quantitative estimate of drug-likeness (QED) is 0.582. The normalized spacial score (nSPS) is 15.0. The average Bonchev–Trinajstić information content (AvgIpc) is 2.58. The van der Waals surface area contributed by atoms with E-state index in [0.29, 0.717) is 10.0 Å². The van der Waals surface area contributed by atoms with E-state index in [2.05, 4.69) is 32.4 Å². The highest BCUT2D eigenvalue weighted by atomic mass is 35.5. The van der Waals surface area contributed by atoms with Crippen LogP contribution in [0.15, 0.2) is 53.6 Å². The van der Waals surface area contributed by atoms with Gasteiger partial charge in [0.2, 0.25) is 0 Å². The first-order valence-corrected chi connectivity index (χ1v) is 8.61. The van der Waals surface area contributed by atoms with Crippen LogP contribution in [0.3, 0.4) is 0 Å². The van der Waals surface area contributed by atoms with Gasteiger partial charge < -0.3 is 4.74 Å². The molecule has 3 heteroatoms. The zero-order valence-electron chi connectivity index (χ0n) is 14.0. The second-order valence-corrected chi connectivity index (χ2v) is 6.77. The first kappa shape index (κ1) is 17.1. The molecule has 123 valence electrons. The molecule has 0 bridgehead atoms. The highest BCUT2D eigenvalue weighted by Gasteiger charge is 2.20. The number of allylic oxidation sites excluding steroid dienone is 4. The van der Waals surface area contributed by atoms with Crippen LogP contribution in [0, 0.1) is 6.42 Å². The fourth-order valence-corrected chi connectivity index (χ4v) is 3.48. The van der Waals surface area contributed by atoms with E-state index in [9.17, 15) is 0 Å². The fourth-order valence-electron chi connectivity index (χ4n) is 3.18. The molecule has 0 fully saturated rings. The summed E-state index contributed by atoms with van der Waals surface area (Å²) in [5.74, 6) is 0.865. The van der Waals surface area contributed by atoms with Gasteiger partial charge in [0.1, 0.15) is 5.75 Å². The Morgan fingerprint density at radius 2 is 1.54 bits per heavy atom. The number of benzene rings is 2. The van der Waals surface area contributed by atoms with Gasteiger partial charge in [-0.3, -0.25) is 0 Å². The lowest BCUT2D eigenvalue weighted by Gasteiger charge is -2.24. The Labute approximate surface area is 153 Å². The summed E-state index contributed by atoms with van der Waals surface area (Å²) in [6.45, 7) is 4.33. The molecule has 2 aromatic carbocycles. The molecular weight excluding hydrogens is 339 g/mol. The van der Waals surface area contributed by atoms with Crippen molar-refractivity contribution in [1.82, 2.24) is 0 Å². The molecule has 24 heavy (non-hydrogen) atoms. The zero-order valence-corrected chi connectivity index (χ0v) is 15.5. The lowest BCUT2D eigenvalue weighted by atomic mass is 9.81. The minimum Gasteiger partial charge on any atom is -0.497 e. The maximum Gasteiger partial charge on any atom is 0.118 e. The predicted octanol–water partition coefficient (Wildman–Crippen LogP) is 6.86. The van der Waals surface area contributed by atoms with Crippen LogP contribution in [-0.4, -0.2) is 7.11 Å². The van der Waals surface area contributed by atoms with E-state index in [1.807, 2.05) is 30.3 Å². The standard InChI is InChI=1S/C21H19Cl2O/c1-13-4-10-18(15-5-8-17(24-3)9-6-15)14(2)21(13)16-7-11-19(22)20(23)12-16/h5-12H,4H2,1-3H3. The first-order valence-electron chi connectivity index (χ1n) is 7.85. The van der Waals surface area contributed by atoms with Crippen molar-refractivity contribution < 1.29 is 4.74 Å². The van der Waals surface area contributed by atoms with Crippen LogP contribution in [0.1, 0.15) is 31.4 Å². The summed E-state index contributed by atoms with van der Waals surface area (Å²) in [4.78, 5) is 0. The Morgan fingerprint density at radius 3 is 2.17 bits per heavy atom. The van der Waals surface area contributed by atoms with Crippen LogP contribution < -0.4 is 4.74 Å². The minimum atomic E-state index is 0.582. The van der Waals surface area contributed by atoms with E-state index in [1.165, 1.54) is 27.9 Å². The summed E-state index contributed by atoms with van der Waals surface area (Å²) in [5.41, 5.74) is 7.40. The predicted molar refractivity (Wildman–Crippen MR) is 104 cm³/mol. The smallest absolute Gasteiger partial charge is 0.118 e. The molecule has 0 N–H and O–H groups in total. The molecule has 0 amide bonds. The van der Waals surface area contributed by atoms with Crippen molar-refractivity contribution in [2.45, 2.75) is 20.3 Å². The van der Waals surface area contributed by atoms with Gasteiger partial charge in [-0.15, -0.1) is 0 Å². The van der Waals surface area contributed by atoms with Crippen LogP contribution >= 0.6 is 23.2 Å². The maximum absolute atomic E-state index is 6.22. The first-order chi connectivity index (χ1) is 11.5. The van der Waals surface area contributed by atoms with E-state index in [0.717, 1.165) is 17.7 Å². The molecule has 0 atom stereocenters. The summed E-state index contributed by atoms with van der Waals surface area (Å²) < 4.78 is 5.25. The third-order valence-electron chi connectivity index (χ3n) is 4.43. The van der Waals surface area contributed by atoms with Crippen molar-refractivity contribution in [3.05, 3.63) is 81.2 Å². The van der Waals surface area contributed by atoms with Crippen molar-refractivity contribution in [3.8, 4) is 5.75 Å². The Hall–Kier alpha value is -1.70. The molecular formula is C21H19Cl2O. The van der Waals surface area contributed by atoms with Crippen LogP contribution in [0.4, 0.5) is 0 Å². The van der Waals surface area contributed by atoms with Crippen molar-refractivity contribution in [2.24, 2.45) is 0 Å². The minimum absolute atomic E-state index is 0.582. The summed E-state index contributed by atoms with van der Waals surface area (Å²) in [7, 11) is 1.68. The lowest BCUT2D eigenvalue weighted by molar-refractivity contribution is 0.415. The van der Waals surface area contributed by atoms with Gasteiger partial charge in [-0.05, 0) is 78.8 Å². The largest absolute Gasteiger partial charge is 0.497 e. The molecule has 2 aromatic rings. The Morgan fingerprint density at radius 1 is 0.875 bits per heavy atom. The number of methoxy groups -OCH3 is 1. The average molecular weight is 358 g/mol. The molecule has 0 aromatic heterocycles. The fraction of sp³-hybridized carbons (Fsp3) is 0.190. The molecule has 1 nitrogen and oxygen atoms in total. The van der Waals surface area contributed by atoms with Gasteiger partial charge in [0.05, 0.1) is 17.2 Å². The highest BCUT2D eigenvalue weighted by molar-refractivity contribution is 6.42. The SMILES string of the molecule is COc1ccc(C2=C(C)C(c3ccc(Cl)c(Cl)c3)=C(C)C[CH]2)cc1. The van der Waals surface area contributed by atoms with Gasteiger partial charge in [-0.2, -0.15) is 0 Å². The van der Waals surface area contributed by atoms with E-state index in [1.54, 1.807) is 7.11 Å². The molecule has 0 unspecified atom stereocenters. The third-order valence-corrected chi connectivity index (χ3v) is 5.17. The monoisotopic (exact) mass is 357 g/mol. The van der Waals surface area contributed by atoms with E-state index in [4.69, 9.17) is 27.9 Å². The van der Waals surface area contributed by atoms with Crippen molar-refractivity contribution >= 4 is 34.3 Å². The van der Waals surface area contributed by atoms with E-state index >= 15 is 0 Å². The Bertz CT molecular complexity index is 829. The second-order valence-electron chi connectivity index (χ2n) is 5.96. The molecule has 3 rings (SSSR count). The number of halogens is 2. The maximum atomic E-state index is 6.22. The van der Waals surface area contributed by atoms with Crippen molar-refractivity contribution in [2.75, 3.05) is 7.11 Å². The lowest BCUT2D eigenvalue weighted by Crippen LogP contribution is -2.03. The summed E-state index contributed by atoms with van der Waals surface area (Å²) >= 11 is 12.3. The van der Waals surface area contributed by atoms with Crippen LogP contribution in [0.25, 0.3) is 11.1 Å². The molecule has 1 aliphatic rings. The molecule has 0 spiro atoms. The van der Waals surface area contributed by atoms with Gasteiger partial charge in [0.15, 0.2) is 0 Å². The third kappa shape index (κ3) is 3.24. The number of rotatable bonds is 3. The molecule has 0 saturated heterocycles. The van der Waals surface area contributed by atoms with Gasteiger partial charge in [0.25, 0.3) is 0 Å². The van der Waals surface area contributed by atoms with Crippen LogP contribution in [-0.2, 0) is 0 Å². The molecule has 1 radical (unpaired) electrons. The van der Waals surface area contributed by atoms with Crippen LogP contribution in [0.5, 0.6) is 5.75 Å². The summed E-state index contributed by atoms with van der Waals surface area (Å²) in [6.07, 6.45) is 3.21.